The molecule has 0 saturated carbocycles. The van der Waals surface area contributed by atoms with Crippen LogP contribution in [-0.2, 0) is 0 Å². The van der Waals surface area contributed by atoms with Gasteiger partial charge in [0.05, 0.1) is 28.4 Å². The van der Waals surface area contributed by atoms with Crippen LogP contribution in [0.1, 0.15) is 28.8 Å². The molecule has 0 spiro atoms. The highest BCUT2D eigenvalue weighted by Gasteiger charge is 2.26. The number of hydrogen-bond acceptors (Lipinski definition) is 6. The zero-order chi connectivity index (χ0) is 20.1. The van der Waals surface area contributed by atoms with Gasteiger partial charge in [-0.05, 0) is 17.7 Å². The molecule has 2 aromatic rings. The number of benzene rings is 2. The number of hydrogen-bond donors (Lipinski definition) is 0. The molecule has 0 saturated heterocycles. The molecule has 0 aliphatic heterocycles. The van der Waals surface area contributed by atoms with Crippen LogP contribution in [0, 0.1) is 0 Å². The Kier molecular flexibility index (Phi) is 6.55. The van der Waals surface area contributed by atoms with Crippen molar-refractivity contribution in [1.29, 1.82) is 0 Å². The van der Waals surface area contributed by atoms with Crippen LogP contribution in [0.25, 0.3) is 0 Å². The molecule has 0 aliphatic rings. The Hall–Kier alpha value is -2.89. The van der Waals surface area contributed by atoms with E-state index in [0.717, 1.165) is 11.3 Å². The minimum absolute atomic E-state index is 0.0961. The normalized spacial score (nSPS) is 11.5. The second-order valence-corrected chi connectivity index (χ2v) is 6.32. The van der Waals surface area contributed by atoms with Crippen molar-refractivity contribution in [3.05, 3.63) is 41.5 Å². The van der Waals surface area contributed by atoms with Gasteiger partial charge in [0.2, 0.25) is 0 Å². The topological polar surface area (TPSA) is 57.2 Å². The first-order chi connectivity index (χ1) is 12.9. The molecular weight excluding hydrogens is 346 g/mol. The summed E-state index contributed by atoms with van der Waals surface area (Å²) in [5, 5.41) is 0. The van der Waals surface area contributed by atoms with Crippen molar-refractivity contribution >= 4 is 11.5 Å². The van der Waals surface area contributed by atoms with Crippen LogP contribution in [0.15, 0.2) is 30.3 Å². The maximum Gasteiger partial charge on any atom is 0.177 e. The van der Waals surface area contributed by atoms with Gasteiger partial charge >= 0.3 is 0 Å². The van der Waals surface area contributed by atoms with Crippen molar-refractivity contribution in [2.24, 2.45) is 0 Å². The molecule has 6 nitrogen and oxygen atoms in total. The Balaban J connectivity index is 2.50. The van der Waals surface area contributed by atoms with E-state index in [1.54, 1.807) is 34.5 Å². The number of anilines is 1. The molecule has 0 N–H and O–H groups in total. The van der Waals surface area contributed by atoms with E-state index >= 15 is 0 Å². The van der Waals surface area contributed by atoms with Crippen molar-refractivity contribution < 1.29 is 23.7 Å². The zero-order valence-corrected chi connectivity index (χ0v) is 17.0. The number of carbonyl (C=O) groups excluding carboxylic acids is 1. The molecule has 0 radical (unpaired) electrons. The fraction of sp³-hybridized carbons (Fsp3) is 0.381. The van der Waals surface area contributed by atoms with E-state index in [0.29, 0.717) is 28.6 Å². The predicted octanol–water partition coefficient (Wildman–Crippen LogP) is 3.77. The number of nitrogens with zero attached hydrogens (tertiary/aromatic N) is 1. The summed E-state index contributed by atoms with van der Waals surface area (Å²) in [5.41, 5.74) is 2.13. The van der Waals surface area contributed by atoms with Crippen LogP contribution in [-0.4, -0.2) is 48.3 Å². The maximum atomic E-state index is 13.3. The Morgan fingerprint density at radius 2 is 1.33 bits per heavy atom. The average Bonchev–Trinajstić information content (AvgIpc) is 2.70. The molecule has 2 aromatic carbocycles. The number of rotatable bonds is 8. The van der Waals surface area contributed by atoms with E-state index in [1.165, 1.54) is 0 Å². The lowest BCUT2D eigenvalue weighted by molar-refractivity contribution is 0.0960. The van der Waals surface area contributed by atoms with Crippen molar-refractivity contribution in [3.8, 4) is 23.0 Å². The number of carbonyl (C=O) groups is 1. The van der Waals surface area contributed by atoms with Gasteiger partial charge in [-0.2, -0.15) is 0 Å². The molecule has 0 aliphatic carbocycles. The number of ketones is 1. The highest BCUT2D eigenvalue weighted by atomic mass is 16.5. The largest absolute Gasteiger partial charge is 0.496 e. The highest BCUT2D eigenvalue weighted by molar-refractivity contribution is 6.05. The third kappa shape index (κ3) is 4.10. The molecule has 0 aromatic heterocycles. The Labute approximate surface area is 160 Å². The van der Waals surface area contributed by atoms with Gasteiger partial charge in [-0.25, -0.2) is 0 Å². The van der Waals surface area contributed by atoms with E-state index in [-0.39, 0.29) is 5.78 Å². The van der Waals surface area contributed by atoms with Crippen molar-refractivity contribution in [3.63, 3.8) is 0 Å². The van der Waals surface area contributed by atoms with Crippen molar-refractivity contribution in [1.82, 2.24) is 0 Å². The summed E-state index contributed by atoms with van der Waals surface area (Å²) in [7, 11) is 10.1. The molecule has 0 bridgehead atoms. The first-order valence-corrected chi connectivity index (χ1v) is 8.57. The average molecular weight is 373 g/mol. The van der Waals surface area contributed by atoms with Crippen LogP contribution >= 0.6 is 0 Å². The minimum Gasteiger partial charge on any atom is -0.496 e. The number of ether oxygens (including phenoxy) is 4. The SMILES string of the molecule is COc1ccc(C(C)C(=O)c2c(OC)cc(N(C)C)cc2OC)cc1OC. The van der Waals surface area contributed by atoms with E-state index in [2.05, 4.69) is 0 Å². The van der Waals surface area contributed by atoms with Gasteiger partial charge in [0.25, 0.3) is 0 Å². The molecule has 0 heterocycles. The van der Waals surface area contributed by atoms with E-state index in [9.17, 15) is 4.79 Å². The minimum atomic E-state index is -0.419. The lowest BCUT2D eigenvalue weighted by atomic mass is 9.91. The summed E-state index contributed by atoms with van der Waals surface area (Å²) in [6, 6.07) is 9.13. The molecule has 1 atom stereocenters. The molecule has 0 fully saturated rings. The molecule has 27 heavy (non-hydrogen) atoms. The molecule has 146 valence electrons. The van der Waals surface area contributed by atoms with Crippen molar-refractivity contribution in [2.75, 3.05) is 47.4 Å². The summed E-state index contributed by atoms with van der Waals surface area (Å²) in [5.74, 6) is 1.65. The van der Waals surface area contributed by atoms with Crippen LogP contribution < -0.4 is 23.8 Å². The second-order valence-electron chi connectivity index (χ2n) is 6.32. The van der Waals surface area contributed by atoms with Gasteiger partial charge < -0.3 is 23.8 Å². The smallest absolute Gasteiger partial charge is 0.177 e. The summed E-state index contributed by atoms with van der Waals surface area (Å²) in [4.78, 5) is 15.2. The van der Waals surface area contributed by atoms with E-state index in [1.807, 2.05) is 50.2 Å². The highest BCUT2D eigenvalue weighted by Crippen LogP contribution is 2.38. The van der Waals surface area contributed by atoms with Gasteiger partial charge in [0.1, 0.15) is 17.1 Å². The number of methoxy groups -OCH3 is 4. The Morgan fingerprint density at radius 1 is 0.815 bits per heavy atom. The quantitative estimate of drug-likeness (QED) is 0.657. The second kappa shape index (κ2) is 8.66. The van der Waals surface area contributed by atoms with Gasteiger partial charge in [-0.1, -0.05) is 13.0 Å². The van der Waals surface area contributed by atoms with Crippen LogP contribution in [0.3, 0.4) is 0 Å². The molecule has 2 rings (SSSR count). The van der Waals surface area contributed by atoms with Crippen molar-refractivity contribution in [2.45, 2.75) is 12.8 Å². The molecular formula is C21H27NO5. The van der Waals surface area contributed by atoms with Gasteiger partial charge in [0.15, 0.2) is 17.3 Å². The summed E-state index contributed by atoms with van der Waals surface area (Å²) in [6.45, 7) is 1.85. The van der Waals surface area contributed by atoms with E-state index < -0.39 is 5.92 Å². The lowest BCUT2D eigenvalue weighted by Gasteiger charge is -2.21. The molecule has 1 unspecified atom stereocenters. The third-order valence-electron chi connectivity index (χ3n) is 4.55. The Bertz CT molecular complexity index is 791. The molecule has 6 heteroatoms. The van der Waals surface area contributed by atoms with Gasteiger partial charge in [-0.15, -0.1) is 0 Å². The lowest BCUT2D eigenvalue weighted by Crippen LogP contribution is -2.15. The van der Waals surface area contributed by atoms with Crippen LogP contribution in [0.5, 0.6) is 23.0 Å². The fourth-order valence-corrected chi connectivity index (χ4v) is 2.89. The van der Waals surface area contributed by atoms with Gasteiger partial charge in [0, 0.05) is 37.8 Å². The first kappa shape index (κ1) is 20.4. The van der Waals surface area contributed by atoms with Gasteiger partial charge in [-0.3, -0.25) is 4.79 Å². The number of Topliss-reactive ketones (excluding diaryl/α,β-unsaturated/α-hetero) is 1. The van der Waals surface area contributed by atoms with Crippen LogP contribution in [0.2, 0.25) is 0 Å². The molecule has 0 amide bonds. The maximum absolute atomic E-state index is 13.3. The van der Waals surface area contributed by atoms with Crippen LogP contribution in [0.4, 0.5) is 5.69 Å². The fourth-order valence-electron chi connectivity index (χ4n) is 2.89. The third-order valence-corrected chi connectivity index (χ3v) is 4.55. The zero-order valence-electron chi connectivity index (χ0n) is 17.0. The summed E-state index contributed by atoms with van der Waals surface area (Å²) < 4.78 is 21.6. The summed E-state index contributed by atoms with van der Waals surface area (Å²) in [6.07, 6.45) is 0. The monoisotopic (exact) mass is 373 g/mol. The first-order valence-electron chi connectivity index (χ1n) is 8.57. The predicted molar refractivity (Wildman–Crippen MR) is 106 cm³/mol. The van der Waals surface area contributed by atoms with E-state index in [4.69, 9.17) is 18.9 Å². The standard InChI is InChI=1S/C21H27NO5/c1-13(14-8-9-16(24-4)17(10-14)25-5)21(23)20-18(26-6)11-15(22(2)3)12-19(20)27-7/h8-13H,1-7H3. The summed E-state index contributed by atoms with van der Waals surface area (Å²) >= 11 is 0. The Morgan fingerprint density at radius 3 is 1.78 bits per heavy atom.